The van der Waals surface area contributed by atoms with E-state index in [1.54, 1.807) is 37.4 Å². The molecule has 12 nitrogen and oxygen atoms in total. The second kappa shape index (κ2) is 14.1. The van der Waals surface area contributed by atoms with Crippen molar-refractivity contribution < 1.29 is 23.9 Å². The molecule has 1 aliphatic rings. The van der Waals surface area contributed by atoms with Crippen LogP contribution >= 0.6 is 15.9 Å². The number of benzene rings is 2. The van der Waals surface area contributed by atoms with Crippen LogP contribution in [0.25, 0.3) is 11.4 Å². The quantitative estimate of drug-likeness (QED) is 0.303. The summed E-state index contributed by atoms with van der Waals surface area (Å²) in [7, 11) is 1.58. The number of methoxy groups -OCH3 is 1. The van der Waals surface area contributed by atoms with E-state index in [1.165, 1.54) is 4.90 Å². The van der Waals surface area contributed by atoms with E-state index in [0.29, 0.717) is 42.2 Å². The molecule has 0 saturated heterocycles. The van der Waals surface area contributed by atoms with Crippen LogP contribution in [0, 0.1) is 11.8 Å². The first-order valence-corrected chi connectivity index (χ1v) is 15.0. The van der Waals surface area contributed by atoms with Crippen molar-refractivity contribution in [2.75, 3.05) is 18.6 Å². The van der Waals surface area contributed by atoms with Gasteiger partial charge in [-0.25, -0.2) is 9.69 Å². The zero-order valence-electron chi connectivity index (χ0n) is 24.8. The highest BCUT2D eigenvalue weighted by Gasteiger charge is 2.35. The van der Waals surface area contributed by atoms with Crippen LogP contribution < -0.4 is 20.7 Å². The van der Waals surface area contributed by atoms with Crippen molar-refractivity contribution in [3.8, 4) is 17.1 Å². The number of halogens is 1. The molecular weight excluding hydrogens is 618 g/mol. The van der Waals surface area contributed by atoms with Crippen LogP contribution in [0.1, 0.15) is 52.0 Å². The zero-order chi connectivity index (χ0) is 31.1. The molecule has 1 aliphatic carbocycles. The average Bonchev–Trinajstić information content (AvgIpc) is 3.51. The summed E-state index contributed by atoms with van der Waals surface area (Å²) in [5.74, 6) is 0.141. The van der Waals surface area contributed by atoms with Crippen molar-refractivity contribution >= 4 is 39.5 Å². The van der Waals surface area contributed by atoms with Crippen molar-refractivity contribution in [2.45, 2.75) is 64.5 Å². The van der Waals surface area contributed by atoms with Gasteiger partial charge in [0.1, 0.15) is 11.4 Å². The van der Waals surface area contributed by atoms with Crippen LogP contribution in [0.4, 0.5) is 10.5 Å². The lowest BCUT2D eigenvalue weighted by atomic mass is 9.81. The number of carbonyl (C=O) groups is 3. The number of nitrogens with one attached hydrogen (secondary N) is 2. The standard InChI is InChI=1S/C30H38BrN7O5/c1-30(2,3)43-29(41)33-17-18-5-8-21(9-6-18)27(39)38(22-12-10-20(11-13-22)26-34-36-37-35-26)28(40)24(32)16-19-7-14-25(42-4)23(31)15-19/h7,10-15,18,21,24H,5-6,8-9,16-17,32H2,1-4H3,(H,33,41)(H,34,35,36,37)/t18?,21?,24-/m0/s1. The van der Waals surface area contributed by atoms with Crippen LogP contribution in [0.5, 0.6) is 5.75 Å². The minimum atomic E-state index is -0.963. The van der Waals surface area contributed by atoms with Gasteiger partial charge in [-0.3, -0.25) is 9.59 Å². The Kier molecular flexibility index (Phi) is 10.5. The number of nitrogens with two attached hydrogens (primary N) is 1. The summed E-state index contributed by atoms with van der Waals surface area (Å²) in [5.41, 5.74) is 7.80. The Hall–Kier alpha value is -3.84. The second-order valence-electron chi connectivity index (χ2n) is 11.7. The topological polar surface area (TPSA) is 165 Å². The maximum Gasteiger partial charge on any atom is 0.407 e. The summed E-state index contributed by atoms with van der Waals surface area (Å²) >= 11 is 3.47. The van der Waals surface area contributed by atoms with E-state index in [-0.39, 0.29) is 24.2 Å². The third kappa shape index (κ3) is 8.60. The van der Waals surface area contributed by atoms with Gasteiger partial charge in [-0.1, -0.05) is 6.07 Å². The summed E-state index contributed by atoms with van der Waals surface area (Å²) in [5, 5.41) is 16.8. The van der Waals surface area contributed by atoms with Gasteiger partial charge in [-0.2, -0.15) is 5.21 Å². The number of aromatic amines is 1. The number of H-pyrrole nitrogens is 1. The number of hydrogen-bond donors (Lipinski definition) is 3. The number of rotatable bonds is 9. The van der Waals surface area contributed by atoms with Gasteiger partial charge in [-0.15, -0.1) is 10.2 Å². The summed E-state index contributed by atoms with van der Waals surface area (Å²) < 4.78 is 11.4. The lowest BCUT2D eigenvalue weighted by Gasteiger charge is -2.32. The van der Waals surface area contributed by atoms with Gasteiger partial charge in [0, 0.05) is 18.0 Å². The molecule has 1 atom stereocenters. The molecule has 0 unspecified atom stereocenters. The molecule has 1 heterocycles. The van der Waals surface area contributed by atoms with Crippen molar-refractivity contribution in [3.63, 3.8) is 0 Å². The predicted molar refractivity (Wildman–Crippen MR) is 164 cm³/mol. The number of carbonyl (C=O) groups excluding carboxylic acids is 3. The van der Waals surface area contributed by atoms with Crippen LogP contribution in [0.2, 0.25) is 0 Å². The van der Waals surface area contributed by atoms with E-state index in [0.717, 1.165) is 22.9 Å². The summed E-state index contributed by atoms with van der Waals surface area (Å²) in [6, 6.07) is 11.4. The lowest BCUT2D eigenvalue weighted by molar-refractivity contribution is -0.130. The number of alkyl carbamates (subject to hydrolysis) is 1. The van der Waals surface area contributed by atoms with E-state index >= 15 is 0 Å². The van der Waals surface area contributed by atoms with Crippen LogP contribution in [-0.4, -0.2) is 63.8 Å². The van der Waals surface area contributed by atoms with E-state index in [4.69, 9.17) is 15.2 Å². The maximum atomic E-state index is 14.0. The normalized spacial score (nSPS) is 17.5. The molecule has 1 saturated carbocycles. The van der Waals surface area contributed by atoms with Gasteiger partial charge in [0.15, 0.2) is 0 Å². The molecule has 1 aromatic heterocycles. The highest BCUT2D eigenvalue weighted by atomic mass is 79.9. The molecule has 2 aromatic carbocycles. The molecular formula is C30H38BrN7O5. The minimum absolute atomic E-state index is 0.214. The van der Waals surface area contributed by atoms with E-state index in [2.05, 4.69) is 41.9 Å². The number of hydrogen-bond acceptors (Lipinski definition) is 9. The van der Waals surface area contributed by atoms with E-state index in [1.807, 2.05) is 32.9 Å². The van der Waals surface area contributed by atoms with E-state index in [9.17, 15) is 14.4 Å². The second-order valence-corrected chi connectivity index (χ2v) is 12.5. The first-order chi connectivity index (χ1) is 20.4. The molecule has 4 rings (SSSR count). The molecule has 13 heteroatoms. The number of nitrogens with zero attached hydrogens (tertiary/aromatic N) is 4. The monoisotopic (exact) mass is 655 g/mol. The predicted octanol–water partition coefficient (Wildman–Crippen LogP) is 4.40. The number of amides is 3. The third-order valence-electron chi connectivity index (χ3n) is 7.29. The highest BCUT2D eigenvalue weighted by molar-refractivity contribution is 9.10. The molecule has 0 bridgehead atoms. The third-order valence-corrected chi connectivity index (χ3v) is 7.91. The first-order valence-electron chi connectivity index (χ1n) is 14.2. The van der Waals surface area contributed by atoms with Gasteiger partial charge in [-0.05, 0) is 122 Å². The number of imide groups is 1. The number of anilines is 1. The Morgan fingerprint density at radius 1 is 1.12 bits per heavy atom. The van der Waals surface area contributed by atoms with Crippen LogP contribution in [0.15, 0.2) is 46.9 Å². The smallest absolute Gasteiger partial charge is 0.407 e. The Morgan fingerprint density at radius 3 is 2.40 bits per heavy atom. The molecule has 0 aliphatic heterocycles. The van der Waals surface area contributed by atoms with Gasteiger partial charge < -0.3 is 20.5 Å². The molecule has 4 N–H and O–H groups in total. The minimum Gasteiger partial charge on any atom is -0.496 e. The van der Waals surface area contributed by atoms with Crippen LogP contribution in [-0.2, 0) is 20.7 Å². The fraction of sp³-hybridized carbons (Fsp3) is 0.467. The number of tetrazole rings is 1. The Balaban J connectivity index is 1.48. The molecule has 3 aromatic rings. The van der Waals surface area contributed by atoms with E-state index < -0.39 is 23.6 Å². The maximum absolute atomic E-state index is 14.0. The molecule has 0 spiro atoms. The van der Waals surface area contributed by atoms with Gasteiger partial charge >= 0.3 is 6.09 Å². The van der Waals surface area contributed by atoms with Crippen molar-refractivity contribution in [1.29, 1.82) is 0 Å². The lowest BCUT2D eigenvalue weighted by Crippen LogP contribution is -2.50. The highest BCUT2D eigenvalue weighted by Crippen LogP contribution is 2.32. The average molecular weight is 657 g/mol. The fourth-order valence-corrected chi connectivity index (χ4v) is 5.68. The van der Waals surface area contributed by atoms with Crippen molar-refractivity contribution in [2.24, 2.45) is 17.6 Å². The number of ether oxygens (including phenoxy) is 2. The zero-order valence-corrected chi connectivity index (χ0v) is 26.4. The van der Waals surface area contributed by atoms with Crippen LogP contribution in [0.3, 0.4) is 0 Å². The molecule has 43 heavy (non-hydrogen) atoms. The largest absolute Gasteiger partial charge is 0.496 e. The SMILES string of the molecule is COc1ccc(C[C@H](N)C(=O)N(C(=O)C2CCC(CNC(=O)OC(C)(C)C)CC2)c2ccc(-c3nn[nH]n3)cc2)cc1Br. The fourth-order valence-electron chi connectivity index (χ4n) is 5.09. The molecule has 3 amide bonds. The van der Waals surface area contributed by atoms with Crippen molar-refractivity contribution in [1.82, 2.24) is 25.9 Å². The summed E-state index contributed by atoms with van der Waals surface area (Å²) in [6.07, 6.45) is 2.42. The molecule has 0 radical (unpaired) electrons. The summed E-state index contributed by atoms with van der Waals surface area (Å²) in [4.78, 5) is 41.1. The first kappa shape index (κ1) is 32.1. The Bertz CT molecular complexity index is 1400. The molecule has 230 valence electrons. The van der Waals surface area contributed by atoms with Crippen molar-refractivity contribution in [3.05, 3.63) is 52.5 Å². The summed E-state index contributed by atoms with van der Waals surface area (Å²) in [6.45, 7) is 5.92. The molecule has 1 fully saturated rings. The van der Waals surface area contributed by atoms with Gasteiger partial charge in [0.2, 0.25) is 11.7 Å². The Morgan fingerprint density at radius 2 is 1.81 bits per heavy atom. The van der Waals surface area contributed by atoms with Gasteiger partial charge in [0.25, 0.3) is 5.91 Å². The number of aromatic nitrogens is 4. The van der Waals surface area contributed by atoms with Gasteiger partial charge in [0.05, 0.1) is 23.3 Å². The Labute approximate surface area is 259 Å².